The molecule has 1 aromatic rings. The third-order valence-corrected chi connectivity index (χ3v) is 7.27. The fourth-order valence-electron chi connectivity index (χ4n) is 3.82. The molecule has 0 spiro atoms. The third-order valence-electron chi connectivity index (χ3n) is 5.36. The van der Waals surface area contributed by atoms with Crippen LogP contribution in [0, 0.1) is 0 Å². The molecule has 0 unspecified atom stereocenters. The summed E-state index contributed by atoms with van der Waals surface area (Å²) in [4.78, 5) is 13.6. The highest BCUT2D eigenvalue weighted by molar-refractivity contribution is 7.89. The van der Waals surface area contributed by atoms with E-state index in [9.17, 15) is 13.2 Å². The van der Waals surface area contributed by atoms with Crippen LogP contribution in [0.5, 0.6) is 0 Å². The lowest BCUT2D eigenvalue weighted by Crippen LogP contribution is -2.50. The van der Waals surface area contributed by atoms with E-state index < -0.39 is 10.0 Å². The second-order valence-electron chi connectivity index (χ2n) is 6.99. The molecule has 1 heterocycles. The maximum Gasteiger partial charge on any atom is 0.409 e. The molecule has 7 heteroatoms. The second-order valence-corrected chi connectivity index (χ2v) is 8.93. The van der Waals surface area contributed by atoms with Crippen molar-refractivity contribution in [3.05, 3.63) is 29.8 Å². The van der Waals surface area contributed by atoms with Gasteiger partial charge in [0.05, 0.1) is 11.5 Å². The number of rotatable bonds is 4. The molecule has 26 heavy (non-hydrogen) atoms. The van der Waals surface area contributed by atoms with Crippen LogP contribution in [-0.2, 0) is 14.8 Å². The molecule has 2 fully saturated rings. The molecule has 1 aromatic carbocycles. The number of ether oxygens (including phenoxy) is 1. The van der Waals surface area contributed by atoms with E-state index in [1.165, 1.54) is 42.0 Å². The van der Waals surface area contributed by atoms with Gasteiger partial charge in [0.25, 0.3) is 0 Å². The zero-order valence-corrected chi connectivity index (χ0v) is 16.2. The molecule has 6 nitrogen and oxygen atoms in total. The smallest absolute Gasteiger partial charge is 0.409 e. The Bertz CT molecular complexity index is 704. The quantitative estimate of drug-likeness (QED) is 0.804. The number of carbonyl (C=O) groups is 1. The first-order valence-electron chi connectivity index (χ1n) is 9.54. The van der Waals surface area contributed by atoms with Crippen molar-refractivity contribution in [2.45, 2.75) is 49.8 Å². The van der Waals surface area contributed by atoms with Crippen LogP contribution in [-0.4, -0.2) is 56.5 Å². The molecule has 0 radical (unpaired) electrons. The first kappa shape index (κ1) is 19.2. The van der Waals surface area contributed by atoms with Gasteiger partial charge >= 0.3 is 6.09 Å². The van der Waals surface area contributed by atoms with E-state index in [4.69, 9.17) is 4.74 Å². The van der Waals surface area contributed by atoms with E-state index >= 15 is 0 Å². The number of amides is 1. The normalized spacial score (nSPS) is 20.1. The van der Waals surface area contributed by atoms with Crippen molar-refractivity contribution < 1.29 is 17.9 Å². The van der Waals surface area contributed by atoms with Crippen LogP contribution in [0.1, 0.15) is 50.5 Å². The standard InChI is InChI=1S/C19H28N2O4S/c1-2-25-19(22)20-12-14-21(15-13-20)26(23,24)18-10-8-17(9-11-18)16-6-4-3-5-7-16/h8-11,16H,2-7,12-15H2,1H3. The highest BCUT2D eigenvalue weighted by Gasteiger charge is 2.30. The molecular formula is C19H28N2O4S. The van der Waals surface area contributed by atoms with Gasteiger partial charge in [-0.15, -0.1) is 0 Å². The maximum absolute atomic E-state index is 12.9. The topological polar surface area (TPSA) is 66.9 Å². The van der Waals surface area contributed by atoms with E-state index in [0.717, 1.165) is 0 Å². The lowest BCUT2D eigenvalue weighted by atomic mass is 9.84. The minimum atomic E-state index is -3.52. The molecule has 0 atom stereocenters. The van der Waals surface area contributed by atoms with Crippen LogP contribution in [0.3, 0.4) is 0 Å². The zero-order chi connectivity index (χ0) is 18.6. The molecule has 144 valence electrons. The van der Waals surface area contributed by atoms with Crippen LogP contribution in [0.4, 0.5) is 4.79 Å². The van der Waals surface area contributed by atoms with Crippen LogP contribution < -0.4 is 0 Å². The zero-order valence-electron chi connectivity index (χ0n) is 15.4. The van der Waals surface area contributed by atoms with Crippen molar-refractivity contribution >= 4 is 16.1 Å². The number of carbonyl (C=O) groups excluding carboxylic acids is 1. The first-order chi connectivity index (χ1) is 12.5. The van der Waals surface area contributed by atoms with Crippen molar-refractivity contribution in [2.75, 3.05) is 32.8 Å². The number of benzene rings is 1. The van der Waals surface area contributed by atoms with Gasteiger partial charge < -0.3 is 9.64 Å². The summed E-state index contributed by atoms with van der Waals surface area (Å²) in [5, 5.41) is 0. The van der Waals surface area contributed by atoms with E-state index in [1.807, 2.05) is 12.1 Å². The van der Waals surface area contributed by atoms with E-state index in [2.05, 4.69) is 0 Å². The summed E-state index contributed by atoms with van der Waals surface area (Å²) in [6, 6.07) is 7.41. The fourth-order valence-corrected chi connectivity index (χ4v) is 5.24. The average Bonchev–Trinajstić information content (AvgIpc) is 2.69. The van der Waals surface area contributed by atoms with Gasteiger partial charge in [0.2, 0.25) is 10.0 Å². The van der Waals surface area contributed by atoms with Gasteiger partial charge in [-0.1, -0.05) is 31.4 Å². The van der Waals surface area contributed by atoms with Gasteiger partial charge in [0, 0.05) is 26.2 Å². The number of nitrogens with zero attached hydrogens (tertiary/aromatic N) is 2. The summed E-state index contributed by atoms with van der Waals surface area (Å²) in [5.74, 6) is 0.564. The molecule has 1 saturated heterocycles. The molecule has 1 amide bonds. The van der Waals surface area contributed by atoms with Crippen molar-refractivity contribution in [1.29, 1.82) is 0 Å². The largest absolute Gasteiger partial charge is 0.450 e. The van der Waals surface area contributed by atoms with E-state index in [-0.39, 0.29) is 6.09 Å². The van der Waals surface area contributed by atoms with Gasteiger partial charge in [0.15, 0.2) is 0 Å². The monoisotopic (exact) mass is 380 g/mol. The van der Waals surface area contributed by atoms with Crippen LogP contribution in [0.15, 0.2) is 29.2 Å². The molecule has 0 aromatic heterocycles. The fraction of sp³-hybridized carbons (Fsp3) is 0.632. The minimum absolute atomic E-state index is 0.297. The summed E-state index contributed by atoms with van der Waals surface area (Å²) in [6.07, 6.45) is 5.84. The van der Waals surface area contributed by atoms with Crippen LogP contribution in [0.2, 0.25) is 0 Å². The molecule has 1 aliphatic carbocycles. The van der Waals surface area contributed by atoms with Gasteiger partial charge in [-0.05, 0) is 43.4 Å². The number of hydrogen-bond donors (Lipinski definition) is 0. The van der Waals surface area contributed by atoms with Gasteiger partial charge in [-0.2, -0.15) is 4.31 Å². The Hall–Kier alpha value is -1.60. The summed E-state index contributed by atoms with van der Waals surface area (Å²) in [5.41, 5.74) is 1.25. The lowest BCUT2D eigenvalue weighted by molar-refractivity contribution is 0.0934. The van der Waals surface area contributed by atoms with Crippen molar-refractivity contribution in [3.8, 4) is 0 Å². The Morgan fingerprint density at radius 3 is 2.23 bits per heavy atom. The number of sulfonamides is 1. The summed E-state index contributed by atoms with van der Waals surface area (Å²) >= 11 is 0. The Morgan fingerprint density at radius 2 is 1.65 bits per heavy atom. The molecule has 1 aliphatic heterocycles. The van der Waals surface area contributed by atoms with Gasteiger partial charge in [0.1, 0.15) is 0 Å². The van der Waals surface area contributed by atoms with Gasteiger partial charge in [-0.3, -0.25) is 0 Å². The highest BCUT2D eigenvalue weighted by Crippen LogP contribution is 2.33. The lowest BCUT2D eigenvalue weighted by Gasteiger charge is -2.33. The molecule has 1 saturated carbocycles. The predicted octanol–water partition coefficient (Wildman–Crippen LogP) is 3.20. The third kappa shape index (κ3) is 4.20. The van der Waals surface area contributed by atoms with Crippen molar-refractivity contribution in [3.63, 3.8) is 0 Å². The Labute approximate surface area is 156 Å². The Balaban J connectivity index is 1.64. The van der Waals surface area contributed by atoms with Crippen molar-refractivity contribution in [1.82, 2.24) is 9.21 Å². The van der Waals surface area contributed by atoms with E-state index in [1.54, 1.807) is 24.0 Å². The minimum Gasteiger partial charge on any atom is -0.450 e. The molecule has 0 bridgehead atoms. The van der Waals surface area contributed by atoms with Crippen LogP contribution in [0.25, 0.3) is 0 Å². The molecular weight excluding hydrogens is 352 g/mol. The predicted molar refractivity (Wildman–Crippen MR) is 99.6 cm³/mol. The Morgan fingerprint density at radius 1 is 1.04 bits per heavy atom. The average molecular weight is 381 g/mol. The van der Waals surface area contributed by atoms with E-state index in [0.29, 0.717) is 43.6 Å². The SMILES string of the molecule is CCOC(=O)N1CCN(S(=O)(=O)c2ccc(C3CCCCC3)cc2)CC1. The second kappa shape index (κ2) is 8.39. The summed E-state index contributed by atoms with van der Waals surface area (Å²) in [7, 11) is -3.52. The molecule has 0 N–H and O–H groups in total. The van der Waals surface area contributed by atoms with Crippen LogP contribution >= 0.6 is 0 Å². The number of piperazine rings is 1. The van der Waals surface area contributed by atoms with Crippen molar-refractivity contribution in [2.24, 2.45) is 0 Å². The molecule has 2 aliphatic rings. The summed E-state index contributed by atoms with van der Waals surface area (Å²) in [6.45, 7) is 3.40. The Kier molecular flexibility index (Phi) is 6.19. The summed E-state index contributed by atoms with van der Waals surface area (Å²) < 4.78 is 32.2. The van der Waals surface area contributed by atoms with Gasteiger partial charge in [-0.25, -0.2) is 13.2 Å². The number of hydrogen-bond acceptors (Lipinski definition) is 4. The first-order valence-corrected chi connectivity index (χ1v) is 11.0. The highest BCUT2D eigenvalue weighted by atomic mass is 32.2. The molecule has 3 rings (SSSR count). The maximum atomic E-state index is 12.9.